The average Bonchev–Trinajstić information content (AvgIpc) is 2.77. The molecule has 1 N–H and O–H groups in total. The van der Waals surface area contributed by atoms with Crippen molar-refractivity contribution in [3.8, 4) is 0 Å². The van der Waals surface area contributed by atoms with Crippen molar-refractivity contribution in [1.82, 2.24) is 0 Å². The molecule has 5 aliphatic rings. The minimum absolute atomic E-state index is 0.0393. The molecule has 1 spiro atoms. The molecular weight excluding hydrogens is 304 g/mol. The van der Waals surface area contributed by atoms with Gasteiger partial charge in [-0.2, -0.15) is 0 Å². The van der Waals surface area contributed by atoms with Crippen molar-refractivity contribution in [2.75, 3.05) is 0 Å². The first-order valence-electron chi connectivity index (χ1n) is 9.66. The van der Waals surface area contributed by atoms with Crippen LogP contribution in [-0.2, 0) is 14.3 Å². The van der Waals surface area contributed by atoms with Crippen LogP contribution in [0.1, 0.15) is 72.1 Å². The Bertz CT molecular complexity index is 673. The van der Waals surface area contributed by atoms with Gasteiger partial charge in [-0.05, 0) is 58.3 Å². The van der Waals surface area contributed by atoms with Crippen molar-refractivity contribution >= 4 is 11.8 Å². The Morgan fingerprint density at radius 1 is 1.08 bits per heavy atom. The fraction of sp³-hybridized carbons (Fsp3) is 0.900. The highest BCUT2D eigenvalue weighted by atomic mass is 16.6. The summed E-state index contributed by atoms with van der Waals surface area (Å²) in [6, 6.07) is 0. The molecule has 1 saturated heterocycles. The van der Waals surface area contributed by atoms with E-state index in [4.69, 9.17) is 4.74 Å². The minimum atomic E-state index is -0.847. The van der Waals surface area contributed by atoms with E-state index in [2.05, 4.69) is 13.8 Å². The number of Topliss-reactive ketones (excluding diaryl/α,β-unsaturated/α-hetero) is 1. The van der Waals surface area contributed by atoms with Crippen LogP contribution in [0.15, 0.2) is 0 Å². The standard InChI is InChI=1S/C20H28O4/c1-12-14(21)18-8-5-13-16(2)6-4-7-20(13,24-15(16)22)17(18,3)9-10-19(12,23)11-18/h12-13,23H,4-11H2,1-3H3/t12-,13+,16+,17-,18-,19-,20-/m0/s1. The second-order valence-electron chi connectivity index (χ2n) is 9.92. The van der Waals surface area contributed by atoms with Gasteiger partial charge in [0.15, 0.2) is 0 Å². The van der Waals surface area contributed by atoms with E-state index in [1.165, 1.54) is 0 Å². The summed E-state index contributed by atoms with van der Waals surface area (Å²) < 4.78 is 6.24. The lowest BCUT2D eigenvalue weighted by Gasteiger charge is -2.64. The lowest BCUT2D eigenvalue weighted by atomic mass is 9.39. The highest BCUT2D eigenvalue weighted by molar-refractivity contribution is 5.93. The Kier molecular flexibility index (Phi) is 2.51. The number of fused-ring (bicyclic) bond motifs is 1. The third-order valence-corrected chi connectivity index (χ3v) is 9.50. The molecule has 0 radical (unpaired) electrons. The fourth-order valence-electron chi connectivity index (χ4n) is 7.95. The average molecular weight is 332 g/mol. The topological polar surface area (TPSA) is 63.6 Å². The molecule has 4 heteroatoms. The highest BCUT2D eigenvalue weighted by Gasteiger charge is 2.81. The minimum Gasteiger partial charge on any atom is -0.458 e. The van der Waals surface area contributed by atoms with Gasteiger partial charge >= 0.3 is 5.97 Å². The second-order valence-corrected chi connectivity index (χ2v) is 9.92. The first-order chi connectivity index (χ1) is 11.2. The fourth-order valence-corrected chi connectivity index (χ4v) is 7.95. The summed E-state index contributed by atoms with van der Waals surface area (Å²) in [6.45, 7) is 6.19. The predicted molar refractivity (Wildman–Crippen MR) is 87.0 cm³/mol. The molecule has 0 aromatic carbocycles. The molecular formula is C20H28O4. The van der Waals surface area contributed by atoms with E-state index in [0.717, 1.165) is 38.5 Å². The predicted octanol–water partition coefficient (Wildman–Crippen LogP) is 3.01. The van der Waals surface area contributed by atoms with Crippen LogP contribution in [0, 0.1) is 28.1 Å². The van der Waals surface area contributed by atoms with Crippen molar-refractivity contribution in [3.05, 3.63) is 0 Å². The Labute approximate surface area is 143 Å². The molecule has 4 nitrogen and oxygen atoms in total. The molecule has 5 rings (SSSR count). The Hall–Kier alpha value is -0.900. The maximum absolute atomic E-state index is 13.4. The second kappa shape index (κ2) is 3.92. The number of hydrogen-bond donors (Lipinski definition) is 1. The monoisotopic (exact) mass is 332 g/mol. The third-order valence-electron chi connectivity index (χ3n) is 9.50. The van der Waals surface area contributed by atoms with E-state index in [9.17, 15) is 14.7 Å². The van der Waals surface area contributed by atoms with Gasteiger partial charge in [0.2, 0.25) is 0 Å². The molecule has 4 bridgehead atoms. The number of carbonyl (C=O) groups excluding carboxylic acids is 2. The van der Waals surface area contributed by atoms with E-state index in [0.29, 0.717) is 12.8 Å². The molecule has 0 aromatic heterocycles. The number of carbonyl (C=O) groups is 2. The van der Waals surface area contributed by atoms with Crippen LogP contribution in [0.3, 0.4) is 0 Å². The van der Waals surface area contributed by atoms with E-state index in [-0.39, 0.29) is 34.4 Å². The van der Waals surface area contributed by atoms with E-state index < -0.39 is 16.6 Å². The summed E-state index contributed by atoms with van der Waals surface area (Å²) in [5, 5.41) is 11.0. The van der Waals surface area contributed by atoms with E-state index >= 15 is 0 Å². The summed E-state index contributed by atoms with van der Waals surface area (Å²) in [7, 11) is 0. The summed E-state index contributed by atoms with van der Waals surface area (Å²) in [5.41, 5.74) is -2.54. The van der Waals surface area contributed by atoms with Crippen LogP contribution in [0.5, 0.6) is 0 Å². The van der Waals surface area contributed by atoms with E-state index in [1.807, 2.05) is 6.92 Å². The Morgan fingerprint density at radius 2 is 1.83 bits per heavy atom. The van der Waals surface area contributed by atoms with Gasteiger partial charge in [-0.25, -0.2) is 0 Å². The Balaban J connectivity index is 1.72. The number of hydrogen-bond acceptors (Lipinski definition) is 4. The van der Waals surface area contributed by atoms with Crippen LogP contribution >= 0.6 is 0 Å². The quantitative estimate of drug-likeness (QED) is 0.693. The molecule has 24 heavy (non-hydrogen) atoms. The highest BCUT2D eigenvalue weighted by Crippen LogP contribution is 2.77. The summed E-state index contributed by atoms with van der Waals surface area (Å²) >= 11 is 0. The van der Waals surface area contributed by atoms with Crippen molar-refractivity contribution in [1.29, 1.82) is 0 Å². The van der Waals surface area contributed by atoms with Gasteiger partial charge in [0.05, 0.1) is 11.0 Å². The lowest BCUT2D eigenvalue weighted by molar-refractivity contribution is -0.231. The SMILES string of the molecule is C[C@H]1C(=O)[C@@]23CC[C@@H]4[C@@]5(C)CCC[C@@]4(OC5=O)[C@@]2(C)CC[C@]1(O)C3. The molecule has 1 aliphatic heterocycles. The first-order valence-corrected chi connectivity index (χ1v) is 9.66. The van der Waals surface area contributed by atoms with Crippen LogP contribution < -0.4 is 0 Å². The van der Waals surface area contributed by atoms with Crippen molar-refractivity contribution in [2.24, 2.45) is 28.1 Å². The molecule has 0 amide bonds. The van der Waals surface area contributed by atoms with Crippen LogP contribution in [-0.4, -0.2) is 28.1 Å². The zero-order chi connectivity index (χ0) is 17.2. The number of aliphatic hydroxyl groups is 1. The number of esters is 1. The van der Waals surface area contributed by atoms with Crippen molar-refractivity contribution in [3.63, 3.8) is 0 Å². The van der Waals surface area contributed by atoms with Gasteiger partial charge in [-0.15, -0.1) is 0 Å². The lowest BCUT2D eigenvalue weighted by Crippen LogP contribution is -2.67. The summed E-state index contributed by atoms with van der Waals surface area (Å²) in [5.74, 6) is 0.131. The number of ketones is 1. The largest absolute Gasteiger partial charge is 0.458 e. The zero-order valence-electron chi connectivity index (χ0n) is 15.0. The number of rotatable bonds is 0. The van der Waals surface area contributed by atoms with Crippen LogP contribution in [0.25, 0.3) is 0 Å². The van der Waals surface area contributed by atoms with Crippen LogP contribution in [0.2, 0.25) is 0 Å². The number of ether oxygens (including phenoxy) is 1. The van der Waals surface area contributed by atoms with Gasteiger partial charge in [-0.3, -0.25) is 9.59 Å². The van der Waals surface area contributed by atoms with Gasteiger partial charge in [0.25, 0.3) is 0 Å². The zero-order valence-corrected chi connectivity index (χ0v) is 15.0. The first kappa shape index (κ1) is 15.4. The molecule has 4 aliphatic carbocycles. The maximum atomic E-state index is 13.4. The van der Waals surface area contributed by atoms with Crippen molar-refractivity contribution in [2.45, 2.75) is 83.3 Å². The Morgan fingerprint density at radius 3 is 2.58 bits per heavy atom. The summed E-state index contributed by atoms with van der Waals surface area (Å²) in [6.07, 6.45) is 6.50. The van der Waals surface area contributed by atoms with Gasteiger partial charge in [0, 0.05) is 22.7 Å². The van der Waals surface area contributed by atoms with Crippen LogP contribution in [0.4, 0.5) is 0 Å². The molecule has 7 atom stereocenters. The molecule has 132 valence electrons. The maximum Gasteiger partial charge on any atom is 0.312 e. The van der Waals surface area contributed by atoms with Gasteiger partial charge in [0.1, 0.15) is 11.4 Å². The van der Waals surface area contributed by atoms with Gasteiger partial charge < -0.3 is 9.84 Å². The molecule has 0 unspecified atom stereocenters. The smallest absolute Gasteiger partial charge is 0.312 e. The molecule has 4 saturated carbocycles. The normalized spacial score (nSPS) is 61.3. The molecule has 0 aromatic rings. The van der Waals surface area contributed by atoms with E-state index in [1.54, 1.807) is 0 Å². The summed E-state index contributed by atoms with van der Waals surface area (Å²) in [4.78, 5) is 26.2. The van der Waals surface area contributed by atoms with Crippen molar-refractivity contribution < 1.29 is 19.4 Å². The van der Waals surface area contributed by atoms with Gasteiger partial charge in [-0.1, -0.05) is 13.8 Å². The third kappa shape index (κ3) is 1.23. The molecule has 1 heterocycles. The molecule has 5 fully saturated rings.